The number of aryl methyl sites for hydroxylation is 2. The zero-order chi connectivity index (χ0) is 13.2. The van der Waals surface area contributed by atoms with Gasteiger partial charge in [-0.25, -0.2) is 5.84 Å². The molecule has 1 amide bonds. The summed E-state index contributed by atoms with van der Waals surface area (Å²) in [5, 5.41) is 4.24. The molecule has 0 aromatic carbocycles. The monoisotopic (exact) mass is 240 g/mol. The third kappa shape index (κ3) is 2.76. The molecule has 0 unspecified atom stereocenters. The number of ether oxygens (including phenoxy) is 1. The van der Waals surface area contributed by atoms with Gasteiger partial charge in [-0.1, -0.05) is 0 Å². The SMILES string of the molecule is Cc1nn(C)c(C)c1OCC(C)(C)C(=O)NN. The van der Waals surface area contributed by atoms with Gasteiger partial charge in [0.05, 0.1) is 11.1 Å². The lowest BCUT2D eigenvalue weighted by Gasteiger charge is -2.22. The Bertz CT molecular complexity index is 423. The number of hydrazine groups is 1. The fraction of sp³-hybridized carbons (Fsp3) is 0.636. The Labute approximate surface area is 101 Å². The molecule has 0 saturated carbocycles. The first-order chi connectivity index (χ1) is 7.79. The second kappa shape index (κ2) is 4.75. The number of amides is 1. The van der Waals surface area contributed by atoms with Gasteiger partial charge >= 0.3 is 0 Å². The van der Waals surface area contributed by atoms with Crippen LogP contribution in [0.25, 0.3) is 0 Å². The molecule has 1 aromatic heterocycles. The Hall–Kier alpha value is -1.56. The average molecular weight is 240 g/mol. The maximum Gasteiger partial charge on any atom is 0.242 e. The molecule has 0 bridgehead atoms. The van der Waals surface area contributed by atoms with Crippen LogP contribution in [0.15, 0.2) is 0 Å². The van der Waals surface area contributed by atoms with Crippen molar-refractivity contribution in [3.8, 4) is 5.75 Å². The first kappa shape index (κ1) is 13.5. The van der Waals surface area contributed by atoms with Gasteiger partial charge in [0.2, 0.25) is 5.91 Å². The van der Waals surface area contributed by atoms with Crippen LogP contribution in [-0.4, -0.2) is 22.3 Å². The van der Waals surface area contributed by atoms with E-state index in [0.29, 0.717) is 0 Å². The van der Waals surface area contributed by atoms with Crippen molar-refractivity contribution in [3.05, 3.63) is 11.4 Å². The van der Waals surface area contributed by atoms with Crippen molar-refractivity contribution < 1.29 is 9.53 Å². The van der Waals surface area contributed by atoms with Crippen LogP contribution >= 0.6 is 0 Å². The number of hydrogen-bond donors (Lipinski definition) is 2. The number of carbonyl (C=O) groups is 1. The van der Waals surface area contributed by atoms with Gasteiger partial charge in [-0.3, -0.25) is 14.9 Å². The summed E-state index contributed by atoms with van der Waals surface area (Å²) in [5.41, 5.74) is 3.21. The number of nitrogens with two attached hydrogens (primary N) is 1. The predicted molar refractivity (Wildman–Crippen MR) is 64.3 cm³/mol. The molecule has 1 heterocycles. The summed E-state index contributed by atoms with van der Waals surface area (Å²) >= 11 is 0. The highest BCUT2D eigenvalue weighted by molar-refractivity contribution is 5.81. The lowest BCUT2D eigenvalue weighted by Crippen LogP contribution is -2.44. The molecule has 0 aliphatic heterocycles. The molecule has 1 rings (SSSR count). The van der Waals surface area contributed by atoms with Gasteiger partial charge in [-0.15, -0.1) is 0 Å². The van der Waals surface area contributed by atoms with E-state index in [1.165, 1.54) is 0 Å². The average Bonchev–Trinajstić information content (AvgIpc) is 2.50. The minimum Gasteiger partial charge on any atom is -0.489 e. The van der Waals surface area contributed by atoms with Gasteiger partial charge in [0.15, 0.2) is 5.75 Å². The van der Waals surface area contributed by atoms with Crippen LogP contribution in [-0.2, 0) is 11.8 Å². The molecule has 17 heavy (non-hydrogen) atoms. The second-order valence-electron chi connectivity index (χ2n) is 4.77. The van der Waals surface area contributed by atoms with Crippen molar-refractivity contribution in [2.75, 3.05) is 6.61 Å². The topological polar surface area (TPSA) is 82.2 Å². The predicted octanol–water partition coefficient (Wildman–Crippen LogP) is 0.432. The standard InChI is InChI=1S/C11H20N4O2/c1-7-9(8(2)15(5)14-7)17-6-11(3,4)10(16)13-12/h6,12H2,1-5H3,(H,13,16). The number of aromatic nitrogens is 2. The largest absolute Gasteiger partial charge is 0.489 e. The molecule has 0 aliphatic rings. The Morgan fingerprint density at radius 2 is 2.12 bits per heavy atom. The molecule has 0 radical (unpaired) electrons. The summed E-state index contributed by atoms with van der Waals surface area (Å²) in [7, 11) is 1.85. The molecule has 6 nitrogen and oxygen atoms in total. The maximum absolute atomic E-state index is 11.5. The summed E-state index contributed by atoms with van der Waals surface area (Å²) in [6, 6.07) is 0. The number of rotatable bonds is 4. The Morgan fingerprint density at radius 3 is 2.53 bits per heavy atom. The van der Waals surface area contributed by atoms with Gasteiger partial charge in [0.1, 0.15) is 12.3 Å². The highest BCUT2D eigenvalue weighted by atomic mass is 16.5. The van der Waals surface area contributed by atoms with Gasteiger partial charge in [0.25, 0.3) is 0 Å². The summed E-state index contributed by atoms with van der Waals surface area (Å²) in [4.78, 5) is 11.5. The molecule has 96 valence electrons. The van der Waals surface area contributed by atoms with Gasteiger partial charge in [0, 0.05) is 7.05 Å². The van der Waals surface area contributed by atoms with Crippen LogP contribution in [0.1, 0.15) is 25.2 Å². The van der Waals surface area contributed by atoms with Gasteiger partial charge < -0.3 is 4.74 Å². The molecule has 3 N–H and O–H groups in total. The second-order valence-corrected chi connectivity index (χ2v) is 4.77. The lowest BCUT2D eigenvalue weighted by atomic mass is 9.94. The number of hydrogen-bond acceptors (Lipinski definition) is 4. The molecule has 1 aromatic rings. The molecule has 0 aliphatic carbocycles. The summed E-state index contributed by atoms with van der Waals surface area (Å²) < 4.78 is 7.43. The van der Waals surface area contributed by atoms with Crippen LogP contribution < -0.4 is 16.0 Å². The van der Waals surface area contributed by atoms with E-state index in [1.54, 1.807) is 18.5 Å². The maximum atomic E-state index is 11.5. The third-order valence-electron chi connectivity index (χ3n) is 2.77. The van der Waals surface area contributed by atoms with E-state index in [4.69, 9.17) is 10.6 Å². The number of nitrogens with zero attached hydrogens (tertiary/aromatic N) is 2. The molecule has 6 heteroatoms. The van der Waals surface area contributed by atoms with Crippen molar-refractivity contribution in [2.45, 2.75) is 27.7 Å². The normalized spacial score (nSPS) is 11.4. The van der Waals surface area contributed by atoms with Crippen molar-refractivity contribution in [3.63, 3.8) is 0 Å². The fourth-order valence-electron chi connectivity index (χ4n) is 1.48. The van der Waals surface area contributed by atoms with Crippen LogP contribution in [0, 0.1) is 19.3 Å². The first-order valence-corrected chi connectivity index (χ1v) is 5.43. The van der Waals surface area contributed by atoms with E-state index in [0.717, 1.165) is 17.1 Å². The van der Waals surface area contributed by atoms with Crippen molar-refractivity contribution in [1.29, 1.82) is 0 Å². The minimum absolute atomic E-state index is 0.253. The van der Waals surface area contributed by atoms with Crippen molar-refractivity contribution >= 4 is 5.91 Å². The number of carbonyl (C=O) groups excluding carboxylic acids is 1. The molecular formula is C11H20N4O2. The highest BCUT2D eigenvalue weighted by Gasteiger charge is 2.28. The minimum atomic E-state index is -0.677. The van der Waals surface area contributed by atoms with E-state index < -0.39 is 5.41 Å². The fourth-order valence-corrected chi connectivity index (χ4v) is 1.48. The molecule has 0 fully saturated rings. The van der Waals surface area contributed by atoms with Crippen LogP contribution in [0.4, 0.5) is 0 Å². The van der Waals surface area contributed by atoms with Gasteiger partial charge in [-0.2, -0.15) is 5.10 Å². The zero-order valence-corrected chi connectivity index (χ0v) is 11.0. The van der Waals surface area contributed by atoms with Crippen LogP contribution in [0.5, 0.6) is 5.75 Å². The van der Waals surface area contributed by atoms with E-state index in [-0.39, 0.29) is 12.5 Å². The van der Waals surface area contributed by atoms with Gasteiger partial charge in [-0.05, 0) is 27.7 Å². The molecule has 0 saturated heterocycles. The lowest BCUT2D eigenvalue weighted by molar-refractivity contribution is -0.130. The van der Waals surface area contributed by atoms with Crippen molar-refractivity contribution in [2.24, 2.45) is 18.3 Å². The van der Waals surface area contributed by atoms with E-state index in [2.05, 4.69) is 10.5 Å². The summed E-state index contributed by atoms with van der Waals surface area (Å²) in [5.74, 6) is 5.59. The summed E-state index contributed by atoms with van der Waals surface area (Å²) in [6.07, 6.45) is 0. The van der Waals surface area contributed by atoms with E-state index in [9.17, 15) is 4.79 Å². The molecule has 0 atom stereocenters. The van der Waals surface area contributed by atoms with Crippen molar-refractivity contribution in [1.82, 2.24) is 15.2 Å². The smallest absolute Gasteiger partial charge is 0.242 e. The van der Waals surface area contributed by atoms with Crippen LogP contribution in [0.2, 0.25) is 0 Å². The highest BCUT2D eigenvalue weighted by Crippen LogP contribution is 2.24. The first-order valence-electron chi connectivity index (χ1n) is 5.43. The van der Waals surface area contributed by atoms with E-state index >= 15 is 0 Å². The number of nitrogens with one attached hydrogen (secondary N) is 1. The third-order valence-corrected chi connectivity index (χ3v) is 2.77. The summed E-state index contributed by atoms with van der Waals surface area (Å²) in [6.45, 7) is 7.60. The molecule has 0 spiro atoms. The Kier molecular flexibility index (Phi) is 3.77. The molecular weight excluding hydrogens is 220 g/mol. The zero-order valence-electron chi connectivity index (χ0n) is 11.0. The van der Waals surface area contributed by atoms with Crippen LogP contribution in [0.3, 0.4) is 0 Å². The quantitative estimate of drug-likeness (QED) is 0.454. The van der Waals surface area contributed by atoms with E-state index in [1.807, 2.05) is 20.9 Å². The Morgan fingerprint density at radius 1 is 1.53 bits per heavy atom. The Balaban J connectivity index is 2.77.